The summed E-state index contributed by atoms with van der Waals surface area (Å²) in [5, 5.41) is 5.68. The molecule has 1 aromatic rings. The number of anilines is 1. The number of halogens is 1. The van der Waals surface area contributed by atoms with E-state index in [9.17, 15) is 9.18 Å². The monoisotopic (exact) mass is 282 g/mol. The summed E-state index contributed by atoms with van der Waals surface area (Å²) < 4.78 is 19.1. The molecule has 2 N–H and O–H groups in total. The Balaban J connectivity index is 2.64. The van der Waals surface area contributed by atoms with Gasteiger partial charge in [0.05, 0.1) is 24.0 Å². The average Bonchev–Trinajstić information content (AvgIpc) is 2.41. The molecule has 0 aliphatic heterocycles. The van der Waals surface area contributed by atoms with Crippen molar-refractivity contribution in [2.24, 2.45) is 0 Å². The van der Waals surface area contributed by atoms with Gasteiger partial charge in [-0.1, -0.05) is 13.0 Å². The van der Waals surface area contributed by atoms with E-state index in [4.69, 9.17) is 4.74 Å². The number of ether oxygens (including phenoxy) is 1. The minimum absolute atomic E-state index is 0.128. The third-order valence-corrected chi connectivity index (χ3v) is 2.65. The van der Waals surface area contributed by atoms with Crippen LogP contribution < -0.4 is 10.6 Å². The molecule has 0 spiro atoms. The summed E-state index contributed by atoms with van der Waals surface area (Å²) >= 11 is 0. The van der Waals surface area contributed by atoms with Crippen LogP contribution in [-0.4, -0.2) is 31.7 Å². The van der Waals surface area contributed by atoms with Gasteiger partial charge in [-0.05, 0) is 32.4 Å². The van der Waals surface area contributed by atoms with Gasteiger partial charge in [-0.15, -0.1) is 0 Å². The minimum atomic E-state index is -0.412. The van der Waals surface area contributed by atoms with E-state index in [2.05, 4.69) is 10.6 Å². The fraction of sp³-hybridized carbons (Fsp3) is 0.533. The predicted molar refractivity (Wildman–Crippen MR) is 78.6 cm³/mol. The van der Waals surface area contributed by atoms with Crippen molar-refractivity contribution >= 4 is 11.6 Å². The number of nitrogens with one attached hydrogen (secondary N) is 2. The van der Waals surface area contributed by atoms with Crippen molar-refractivity contribution in [3.05, 3.63) is 29.6 Å². The zero-order chi connectivity index (χ0) is 15.0. The van der Waals surface area contributed by atoms with Crippen molar-refractivity contribution in [1.29, 1.82) is 0 Å². The number of benzene rings is 1. The lowest BCUT2D eigenvalue weighted by Gasteiger charge is -2.13. The second kappa shape index (κ2) is 8.53. The molecule has 0 saturated carbocycles. The lowest BCUT2D eigenvalue weighted by molar-refractivity contribution is 0.0747. The fourth-order valence-corrected chi connectivity index (χ4v) is 1.70. The Kier molecular flexibility index (Phi) is 7.01. The van der Waals surface area contributed by atoms with E-state index < -0.39 is 5.82 Å². The smallest absolute Gasteiger partial charge is 0.253 e. The first-order chi connectivity index (χ1) is 9.56. The number of carbonyl (C=O) groups excluding carboxylic acids is 1. The van der Waals surface area contributed by atoms with Gasteiger partial charge in [0.2, 0.25) is 0 Å². The highest BCUT2D eigenvalue weighted by molar-refractivity contribution is 5.99. The molecule has 0 atom stereocenters. The number of para-hydroxylation sites is 1. The second-order valence-corrected chi connectivity index (χ2v) is 4.76. The van der Waals surface area contributed by atoms with Gasteiger partial charge in [-0.3, -0.25) is 4.79 Å². The molecule has 0 aliphatic carbocycles. The van der Waals surface area contributed by atoms with Crippen LogP contribution in [0.15, 0.2) is 18.2 Å². The van der Waals surface area contributed by atoms with E-state index in [1.54, 1.807) is 6.07 Å². The fourth-order valence-electron chi connectivity index (χ4n) is 1.70. The minimum Gasteiger partial charge on any atom is -0.382 e. The molecule has 1 aromatic carbocycles. The Morgan fingerprint density at radius 3 is 2.75 bits per heavy atom. The molecule has 4 nitrogen and oxygen atoms in total. The molecular weight excluding hydrogens is 259 g/mol. The van der Waals surface area contributed by atoms with Crippen molar-refractivity contribution in [3.63, 3.8) is 0 Å². The van der Waals surface area contributed by atoms with Gasteiger partial charge in [-0.2, -0.15) is 0 Å². The molecule has 0 aromatic heterocycles. The van der Waals surface area contributed by atoms with Gasteiger partial charge < -0.3 is 15.4 Å². The normalized spacial score (nSPS) is 10.7. The van der Waals surface area contributed by atoms with E-state index in [1.807, 2.05) is 20.8 Å². The van der Waals surface area contributed by atoms with Gasteiger partial charge in [0.15, 0.2) is 0 Å². The highest BCUT2D eigenvalue weighted by atomic mass is 19.1. The third-order valence-electron chi connectivity index (χ3n) is 2.65. The maximum Gasteiger partial charge on any atom is 0.253 e. The molecule has 0 heterocycles. The Morgan fingerprint density at radius 1 is 1.35 bits per heavy atom. The lowest BCUT2D eigenvalue weighted by atomic mass is 10.1. The first-order valence-electron chi connectivity index (χ1n) is 6.98. The van der Waals surface area contributed by atoms with Crippen LogP contribution in [0.25, 0.3) is 0 Å². The molecule has 0 aliphatic rings. The molecule has 0 unspecified atom stereocenters. The Hall–Kier alpha value is -1.62. The summed E-state index contributed by atoms with van der Waals surface area (Å²) in [6.45, 7) is 7.31. The summed E-state index contributed by atoms with van der Waals surface area (Å²) in [6, 6.07) is 4.49. The topological polar surface area (TPSA) is 50.4 Å². The number of amides is 1. The maximum absolute atomic E-state index is 13.8. The second-order valence-electron chi connectivity index (χ2n) is 4.76. The van der Waals surface area contributed by atoms with Crippen molar-refractivity contribution < 1.29 is 13.9 Å². The zero-order valence-corrected chi connectivity index (χ0v) is 12.3. The predicted octanol–water partition coefficient (Wildman–Crippen LogP) is 2.80. The van der Waals surface area contributed by atoms with Gasteiger partial charge in [0.25, 0.3) is 5.91 Å². The van der Waals surface area contributed by atoms with Crippen molar-refractivity contribution in [1.82, 2.24) is 5.32 Å². The van der Waals surface area contributed by atoms with Crippen molar-refractivity contribution in [2.75, 3.05) is 25.0 Å². The van der Waals surface area contributed by atoms with Crippen molar-refractivity contribution in [3.8, 4) is 0 Å². The molecule has 5 heteroatoms. The summed E-state index contributed by atoms with van der Waals surface area (Å²) in [6.07, 6.45) is 0.986. The van der Waals surface area contributed by atoms with Gasteiger partial charge in [0, 0.05) is 13.1 Å². The SMILES string of the molecule is CCCNc1c(F)cccc1C(=O)NCCOC(C)C. The van der Waals surface area contributed by atoms with Crippen LogP contribution in [0.3, 0.4) is 0 Å². The van der Waals surface area contributed by atoms with Crippen LogP contribution >= 0.6 is 0 Å². The Morgan fingerprint density at radius 2 is 2.10 bits per heavy atom. The Bertz CT molecular complexity index is 436. The Labute approximate surface area is 119 Å². The average molecular weight is 282 g/mol. The number of rotatable bonds is 8. The van der Waals surface area contributed by atoms with Crippen molar-refractivity contribution in [2.45, 2.75) is 33.3 Å². The third kappa shape index (κ3) is 5.17. The van der Waals surface area contributed by atoms with Crippen LogP contribution in [0, 0.1) is 5.82 Å². The van der Waals surface area contributed by atoms with Crippen LogP contribution in [0.4, 0.5) is 10.1 Å². The zero-order valence-electron chi connectivity index (χ0n) is 12.3. The highest BCUT2D eigenvalue weighted by Crippen LogP contribution is 2.19. The summed E-state index contributed by atoms with van der Waals surface area (Å²) in [4.78, 5) is 12.1. The molecule has 0 saturated heterocycles. The molecule has 20 heavy (non-hydrogen) atoms. The molecule has 0 fully saturated rings. The van der Waals surface area contributed by atoms with Crippen LogP contribution in [0.1, 0.15) is 37.6 Å². The maximum atomic E-state index is 13.8. The molecule has 1 amide bonds. The molecular formula is C15H23FN2O2. The van der Waals surface area contributed by atoms with Crippen LogP contribution in [0.2, 0.25) is 0 Å². The molecule has 1 rings (SSSR count). The first-order valence-corrected chi connectivity index (χ1v) is 6.98. The van der Waals surface area contributed by atoms with Gasteiger partial charge in [-0.25, -0.2) is 4.39 Å². The van der Waals surface area contributed by atoms with E-state index in [0.29, 0.717) is 25.3 Å². The van der Waals surface area contributed by atoms with Crippen LogP contribution in [-0.2, 0) is 4.74 Å². The van der Waals surface area contributed by atoms with Gasteiger partial charge in [0.1, 0.15) is 5.82 Å². The number of hydrogen-bond acceptors (Lipinski definition) is 3. The van der Waals surface area contributed by atoms with E-state index in [1.165, 1.54) is 12.1 Å². The molecule has 0 radical (unpaired) electrons. The quantitative estimate of drug-likeness (QED) is 0.721. The summed E-state index contributed by atoms with van der Waals surface area (Å²) in [5.74, 6) is -0.708. The van der Waals surface area contributed by atoms with E-state index in [0.717, 1.165) is 6.42 Å². The lowest BCUT2D eigenvalue weighted by Crippen LogP contribution is -2.29. The molecule has 112 valence electrons. The van der Waals surface area contributed by atoms with E-state index >= 15 is 0 Å². The highest BCUT2D eigenvalue weighted by Gasteiger charge is 2.14. The molecule has 0 bridgehead atoms. The standard InChI is InChI=1S/C15H23FN2O2/c1-4-8-17-14-12(6-5-7-13(14)16)15(19)18-9-10-20-11(2)3/h5-7,11,17H,4,8-10H2,1-3H3,(H,18,19). The largest absolute Gasteiger partial charge is 0.382 e. The van der Waals surface area contributed by atoms with Crippen LogP contribution in [0.5, 0.6) is 0 Å². The number of carbonyl (C=O) groups is 1. The number of hydrogen-bond donors (Lipinski definition) is 2. The van der Waals surface area contributed by atoms with Gasteiger partial charge >= 0.3 is 0 Å². The summed E-state index contributed by atoms with van der Waals surface area (Å²) in [5.41, 5.74) is 0.583. The first kappa shape index (κ1) is 16.4. The summed E-state index contributed by atoms with van der Waals surface area (Å²) in [7, 11) is 0. The van der Waals surface area contributed by atoms with E-state index in [-0.39, 0.29) is 17.7 Å².